The van der Waals surface area contributed by atoms with E-state index in [0.717, 1.165) is 37.1 Å². The number of likely N-dealkylation sites (tertiary alicyclic amines) is 1. The molecule has 1 unspecified atom stereocenters. The van der Waals surface area contributed by atoms with Gasteiger partial charge in [0.2, 0.25) is 5.91 Å². The Kier molecular flexibility index (Phi) is 6.38. The van der Waals surface area contributed by atoms with Crippen molar-refractivity contribution in [1.82, 2.24) is 9.80 Å². The summed E-state index contributed by atoms with van der Waals surface area (Å²) in [7, 11) is 1.75. The van der Waals surface area contributed by atoms with Crippen molar-refractivity contribution in [2.24, 2.45) is 5.92 Å². The molecule has 0 spiro atoms. The zero-order chi connectivity index (χ0) is 22.1. The lowest BCUT2D eigenvalue weighted by Crippen LogP contribution is -2.45. The lowest BCUT2D eigenvalue weighted by molar-refractivity contribution is -0.116. The highest BCUT2D eigenvalue weighted by atomic mass is 16.6. The fourth-order valence-electron chi connectivity index (χ4n) is 4.24. The maximum absolute atomic E-state index is 13.1. The van der Waals surface area contributed by atoms with Gasteiger partial charge in [0.15, 0.2) is 0 Å². The summed E-state index contributed by atoms with van der Waals surface area (Å²) in [4.78, 5) is 42.3. The smallest absolute Gasteiger partial charge is 0.410 e. The predicted molar refractivity (Wildman–Crippen MR) is 116 cm³/mol. The molecule has 1 aromatic carbocycles. The number of carbonyl (C=O) groups is 3. The van der Waals surface area contributed by atoms with Crippen LogP contribution in [0.3, 0.4) is 0 Å². The van der Waals surface area contributed by atoms with E-state index in [9.17, 15) is 14.4 Å². The molecule has 3 rings (SSSR count). The molecule has 1 saturated heterocycles. The highest BCUT2D eigenvalue weighted by Crippen LogP contribution is 2.30. The van der Waals surface area contributed by atoms with Crippen LogP contribution in [0.5, 0.6) is 0 Å². The predicted octanol–water partition coefficient (Wildman–Crippen LogP) is 3.31. The minimum absolute atomic E-state index is 0.0173. The number of carbonyl (C=O) groups excluding carboxylic acids is 3. The molecule has 0 aromatic heterocycles. The minimum Gasteiger partial charge on any atom is -0.444 e. The van der Waals surface area contributed by atoms with Crippen LogP contribution in [0.15, 0.2) is 18.2 Å². The number of nitrogens with zero attached hydrogens (tertiary/aromatic N) is 3. The SMILES string of the molecule is CC(=O)N1CCc2cc(C(=O)N3CCCC(CN(C)C(=O)OC(C)(C)C)C3)ccc21. The van der Waals surface area contributed by atoms with Crippen LogP contribution in [0.2, 0.25) is 0 Å². The van der Waals surface area contributed by atoms with E-state index in [2.05, 4.69) is 0 Å². The number of amides is 3. The second-order valence-corrected chi connectivity index (χ2v) is 9.38. The molecule has 1 atom stereocenters. The van der Waals surface area contributed by atoms with Gasteiger partial charge in [-0.05, 0) is 69.7 Å². The average molecular weight is 416 g/mol. The quantitative estimate of drug-likeness (QED) is 0.759. The Morgan fingerprint density at radius 3 is 2.60 bits per heavy atom. The molecule has 0 radical (unpaired) electrons. The van der Waals surface area contributed by atoms with Crippen LogP contribution in [0.25, 0.3) is 0 Å². The first-order valence-electron chi connectivity index (χ1n) is 10.7. The van der Waals surface area contributed by atoms with Crippen LogP contribution >= 0.6 is 0 Å². The molecule has 1 fully saturated rings. The lowest BCUT2D eigenvalue weighted by Gasteiger charge is -2.35. The van der Waals surface area contributed by atoms with Crippen molar-refractivity contribution in [3.05, 3.63) is 29.3 Å². The molecule has 3 amide bonds. The molecule has 2 aliphatic rings. The van der Waals surface area contributed by atoms with Crippen LogP contribution in [-0.4, -0.2) is 66.5 Å². The van der Waals surface area contributed by atoms with Gasteiger partial charge in [-0.15, -0.1) is 0 Å². The number of fused-ring (bicyclic) bond motifs is 1. The van der Waals surface area contributed by atoms with Gasteiger partial charge >= 0.3 is 6.09 Å². The van der Waals surface area contributed by atoms with Gasteiger partial charge < -0.3 is 19.4 Å². The van der Waals surface area contributed by atoms with Crippen LogP contribution in [0.1, 0.15) is 56.5 Å². The Labute approximate surface area is 179 Å². The normalized spacial score (nSPS) is 18.8. The van der Waals surface area contributed by atoms with Gasteiger partial charge in [-0.2, -0.15) is 0 Å². The fourth-order valence-corrected chi connectivity index (χ4v) is 4.24. The summed E-state index contributed by atoms with van der Waals surface area (Å²) in [5.74, 6) is 0.271. The molecule has 7 heteroatoms. The zero-order valence-electron chi connectivity index (χ0n) is 18.7. The highest BCUT2D eigenvalue weighted by Gasteiger charge is 2.29. The Hall–Kier alpha value is -2.57. The van der Waals surface area contributed by atoms with Crippen molar-refractivity contribution in [3.8, 4) is 0 Å². The van der Waals surface area contributed by atoms with Crippen molar-refractivity contribution >= 4 is 23.6 Å². The first kappa shape index (κ1) is 22.1. The number of rotatable bonds is 3. The molecule has 164 valence electrons. The summed E-state index contributed by atoms with van der Waals surface area (Å²) >= 11 is 0. The molecule has 1 aromatic rings. The summed E-state index contributed by atoms with van der Waals surface area (Å²) in [6.07, 6.45) is 2.34. The number of hydrogen-bond acceptors (Lipinski definition) is 4. The maximum Gasteiger partial charge on any atom is 0.410 e. The third kappa shape index (κ3) is 5.12. The summed E-state index contributed by atoms with van der Waals surface area (Å²) < 4.78 is 5.43. The van der Waals surface area contributed by atoms with Gasteiger partial charge in [0, 0.05) is 51.4 Å². The second-order valence-electron chi connectivity index (χ2n) is 9.38. The number of benzene rings is 1. The van der Waals surface area contributed by atoms with Crippen LogP contribution in [-0.2, 0) is 16.0 Å². The summed E-state index contributed by atoms with van der Waals surface area (Å²) in [5.41, 5.74) is 2.11. The average Bonchev–Trinajstić information content (AvgIpc) is 3.09. The van der Waals surface area contributed by atoms with Crippen molar-refractivity contribution in [2.45, 2.75) is 52.6 Å². The van der Waals surface area contributed by atoms with Gasteiger partial charge in [-0.1, -0.05) is 0 Å². The van der Waals surface area contributed by atoms with Crippen LogP contribution < -0.4 is 4.90 Å². The van der Waals surface area contributed by atoms with E-state index in [1.54, 1.807) is 23.8 Å². The lowest BCUT2D eigenvalue weighted by atomic mass is 9.96. The molecule has 30 heavy (non-hydrogen) atoms. The van der Waals surface area contributed by atoms with Crippen molar-refractivity contribution < 1.29 is 19.1 Å². The first-order chi connectivity index (χ1) is 14.0. The Balaban J connectivity index is 1.62. The van der Waals surface area contributed by atoms with E-state index < -0.39 is 5.60 Å². The van der Waals surface area contributed by atoms with E-state index in [4.69, 9.17) is 4.74 Å². The molecule has 7 nitrogen and oxygen atoms in total. The van der Waals surface area contributed by atoms with Crippen molar-refractivity contribution in [1.29, 1.82) is 0 Å². The molecular weight excluding hydrogens is 382 g/mol. The minimum atomic E-state index is -0.522. The first-order valence-corrected chi connectivity index (χ1v) is 10.7. The van der Waals surface area contributed by atoms with Gasteiger partial charge in [0.25, 0.3) is 5.91 Å². The molecule has 0 bridgehead atoms. The molecule has 0 aliphatic carbocycles. The summed E-state index contributed by atoms with van der Waals surface area (Å²) in [6.45, 7) is 9.71. The summed E-state index contributed by atoms with van der Waals surface area (Å²) in [6, 6.07) is 5.63. The molecule has 0 N–H and O–H groups in total. The van der Waals surface area contributed by atoms with E-state index in [1.165, 1.54) is 0 Å². The number of ether oxygens (including phenoxy) is 1. The topological polar surface area (TPSA) is 70.2 Å². The number of anilines is 1. The Morgan fingerprint density at radius 1 is 1.20 bits per heavy atom. The maximum atomic E-state index is 13.1. The molecule has 0 saturated carbocycles. The Morgan fingerprint density at radius 2 is 1.93 bits per heavy atom. The zero-order valence-corrected chi connectivity index (χ0v) is 18.7. The second kappa shape index (κ2) is 8.66. The molecular formula is C23H33N3O4. The van der Waals surface area contributed by atoms with E-state index in [1.807, 2.05) is 43.9 Å². The fraction of sp³-hybridized carbons (Fsp3) is 0.609. The third-order valence-electron chi connectivity index (χ3n) is 5.65. The molecule has 2 heterocycles. The van der Waals surface area contributed by atoms with E-state index in [-0.39, 0.29) is 23.8 Å². The van der Waals surface area contributed by atoms with Gasteiger partial charge in [0.1, 0.15) is 5.60 Å². The van der Waals surface area contributed by atoms with Crippen molar-refractivity contribution in [3.63, 3.8) is 0 Å². The number of hydrogen-bond donors (Lipinski definition) is 0. The van der Waals surface area contributed by atoms with E-state index in [0.29, 0.717) is 25.2 Å². The van der Waals surface area contributed by atoms with E-state index >= 15 is 0 Å². The third-order valence-corrected chi connectivity index (χ3v) is 5.65. The summed E-state index contributed by atoms with van der Waals surface area (Å²) in [5, 5.41) is 0. The Bertz CT molecular complexity index is 830. The van der Waals surface area contributed by atoms with Gasteiger partial charge in [0.05, 0.1) is 0 Å². The monoisotopic (exact) mass is 415 g/mol. The largest absolute Gasteiger partial charge is 0.444 e. The van der Waals surface area contributed by atoms with Crippen molar-refractivity contribution in [2.75, 3.05) is 38.1 Å². The number of piperidine rings is 1. The van der Waals surface area contributed by atoms with Gasteiger partial charge in [-0.25, -0.2) is 4.79 Å². The molecule has 2 aliphatic heterocycles. The van der Waals surface area contributed by atoms with Crippen LogP contribution in [0, 0.1) is 5.92 Å². The van der Waals surface area contributed by atoms with Gasteiger partial charge in [-0.3, -0.25) is 9.59 Å². The highest BCUT2D eigenvalue weighted by molar-refractivity contribution is 5.98. The standard InChI is InChI=1S/C23H33N3O4/c1-16(27)26-12-10-18-13-19(8-9-20(18)26)21(28)25-11-6-7-17(15-25)14-24(5)22(29)30-23(2,3)4/h8-9,13,17H,6-7,10-12,14-15H2,1-5H3. The van der Waals surface area contributed by atoms with Crippen LogP contribution in [0.4, 0.5) is 10.5 Å².